The van der Waals surface area contributed by atoms with Gasteiger partial charge in [-0.05, 0) is 12.8 Å². The van der Waals surface area contributed by atoms with Crippen LogP contribution in [0.5, 0.6) is 0 Å². The summed E-state index contributed by atoms with van der Waals surface area (Å²) in [7, 11) is 0. The first kappa shape index (κ1) is 17.4. The molecule has 1 aromatic carbocycles. The lowest BCUT2D eigenvalue weighted by atomic mass is 10.0. The van der Waals surface area contributed by atoms with Gasteiger partial charge in [0.2, 0.25) is 11.7 Å². The van der Waals surface area contributed by atoms with E-state index < -0.39 is 5.60 Å². The smallest absolute Gasteiger partial charge is 0.314 e. The van der Waals surface area contributed by atoms with Gasteiger partial charge in [-0.1, -0.05) is 55.3 Å². The van der Waals surface area contributed by atoms with Gasteiger partial charge in [0.05, 0.1) is 11.5 Å². The molecule has 1 aromatic heterocycles. The van der Waals surface area contributed by atoms with Crippen molar-refractivity contribution in [1.29, 1.82) is 0 Å². The Kier molecular flexibility index (Phi) is 5.33. The number of aliphatic hydroxyl groups is 1. The normalized spacial score (nSPS) is 17.2. The quantitative estimate of drug-likeness (QED) is 0.747. The van der Waals surface area contributed by atoms with Crippen molar-refractivity contribution >= 4 is 6.03 Å². The van der Waals surface area contributed by atoms with E-state index in [-0.39, 0.29) is 18.5 Å². The first-order chi connectivity index (χ1) is 12.1. The molecule has 0 bridgehead atoms. The van der Waals surface area contributed by atoms with E-state index in [0.29, 0.717) is 18.3 Å². The molecule has 1 unspecified atom stereocenters. The fraction of sp³-hybridized carbons (Fsp3) is 0.500. The maximum absolute atomic E-state index is 11.9. The molecule has 1 heterocycles. The van der Waals surface area contributed by atoms with E-state index >= 15 is 0 Å². The van der Waals surface area contributed by atoms with E-state index in [1.807, 2.05) is 37.3 Å². The molecule has 1 aliphatic carbocycles. The number of amides is 2. The summed E-state index contributed by atoms with van der Waals surface area (Å²) in [6.07, 6.45) is 3.51. The summed E-state index contributed by atoms with van der Waals surface area (Å²) in [6, 6.07) is 9.29. The van der Waals surface area contributed by atoms with Gasteiger partial charge < -0.3 is 20.3 Å². The Balaban J connectivity index is 1.47. The molecule has 1 aliphatic rings. The molecule has 0 spiro atoms. The summed E-state index contributed by atoms with van der Waals surface area (Å²) < 4.78 is 5.30. The van der Waals surface area contributed by atoms with Crippen LogP contribution < -0.4 is 10.6 Å². The van der Waals surface area contributed by atoms with Crippen molar-refractivity contribution in [2.75, 3.05) is 13.1 Å². The van der Waals surface area contributed by atoms with Crippen LogP contribution in [0.2, 0.25) is 0 Å². The summed E-state index contributed by atoms with van der Waals surface area (Å²) in [5.74, 6) is 0.911. The van der Waals surface area contributed by atoms with Gasteiger partial charge in [-0.15, -0.1) is 0 Å². The molecule has 3 N–H and O–H groups in total. The molecule has 0 aliphatic heterocycles. The molecule has 1 saturated carbocycles. The zero-order valence-electron chi connectivity index (χ0n) is 14.4. The third kappa shape index (κ3) is 4.57. The highest BCUT2D eigenvalue weighted by Crippen LogP contribution is 2.28. The lowest BCUT2D eigenvalue weighted by Crippen LogP contribution is -2.45. The predicted octanol–water partition coefficient (Wildman–Crippen LogP) is 2.44. The highest BCUT2D eigenvalue weighted by atomic mass is 16.5. The topological polar surface area (TPSA) is 100 Å². The Morgan fingerprint density at radius 3 is 2.72 bits per heavy atom. The average Bonchev–Trinajstić information content (AvgIpc) is 3.29. The highest BCUT2D eigenvalue weighted by Gasteiger charge is 2.31. The van der Waals surface area contributed by atoms with Crippen LogP contribution in [0.1, 0.15) is 44.4 Å². The monoisotopic (exact) mass is 344 g/mol. The van der Waals surface area contributed by atoms with Gasteiger partial charge in [-0.3, -0.25) is 0 Å². The standard InChI is InChI=1S/C18H24N4O3/c1-13(11-19-17(23)20-12-18(24)9-5-6-10-18)16-21-15(22-25-16)14-7-3-2-4-8-14/h2-4,7-8,13,24H,5-6,9-12H2,1H3,(H2,19,20,23). The van der Waals surface area contributed by atoms with Crippen LogP contribution in [0, 0.1) is 0 Å². The van der Waals surface area contributed by atoms with Crippen LogP contribution in [0.3, 0.4) is 0 Å². The van der Waals surface area contributed by atoms with E-state index in [0.717, 1.165) is 31.2 Å². The first-order valence-electron chi connectivity index (χ1n) is 8.69. The second kappa shape index (κ2) is 7.65. The number of carbonyl (C=O) groups excluding carboxylic acids is 1. The summed E-state index contributed by atoms with van der Waals surface area (Å²) in [6.45, 7) is 2.57. The van der Waals surface area contributed by atoms with Crippen LogP contribution in [-0.2, 0) is 0 Å². The van der Waals surface area contributed by atoms with E-state index in [4.69, 9.17) is 4.52 Å². The van der Waals surface area contributed by atoms with Gasteiger partial charge in [0, 0.05) is 18.7 Å². The minimum atomic E-state index is -0.750. The van der Waals surface area contributed by atoms with Gasteiger partial charge in [0.15, 0.2) is 0 Å². The second-order valence-corrected chi connectivity index (χ2v) is 6.72. The van der Waals surface area contributed by atoms with Crippen molar-refractivity contribution in [3.8, 4) is 11.4 Å². The number of nitrogens with zero attached hydrogens (tertiary/aromatic N) is 2. The maximum Gasteiger partial charge on any atom is 0.314 e. The number of benzene rings is 1. The Hall–Kier alpha value is -2.41. The van der Waals surface area contributed by atoms with Gasteiger partial charge in [0.25, 0.3) is 0 Å². The number of hydrogen-bond donors (Lipinski definition) is 3. The largest absolute Gasteiger partial charge is 0.388 e. The molecule has 7 nitrogen and oxygen atoms in total. The molecule has 0 saturated heterocycles. The summed E-state index contributed by atoms with van der Waals surface area (Å²) >= 11 is 0. The molecule has 1 atom stereocenters. The number of carbonyl (C=O) groups is 1. The Morgan fingerprint density at radius 2 is 2.00 bits per heavy atom. The molecule has 1 fully saturated rings. The van der Waals surface area contributed by atoms with E-state index in [9.17, 15) is 9.90 Å². The minimum absolute atomic E-state index is 0.106. The fourth-order valence-corrected chi connectivity index (χ4v) is 2.99. The molecule has 7 heteroatoms. The van der Waals surface area contributed by atoms with Gasteiger partial charge in [-0.25, -0.2) is 4.79 Å². The number of nitrogens with one attached hydrogen (secondary N) is 2. The molecule has 25 heavy (non-hydrogen) atoms. The molecule has 134 valence electrons. The van der Waals surface area contributed by atoms with Crippen molar-refractivity contribution < 1.29 is 14.4 Å². The van der Waals surface area contributed by atoms with Gasteiger partial charge in [0.1, 0.15) is 0 Å². The predicted molar refractivity (Wildman–Crippen MR) is 93.0 cm³/mol. The van der Waals surface area contributed by atoms with E-state index in [1.54, 1.807) is 0 Å². The van der Waals surface area contributed by atoms with Crippen LogP contribution in [-0.4, -0.2) is 40.0 Å². The SMILES string of the molecule is CC(CNC(=O)NCC1(O)CCCC1)c1nc(-c2ccccc2)no1. The lowest BCUT2D eigenvalue weighted by molar-refractivity contribution is 0.0501. The molecular formula is C18H24N4O3. The van der Waals surface area contributed by atoms with Crippen molar-refractivity contribution in [3.63, 3.8) is 0 Å². The third-order valence-electron chi connectivity index (χ3n) is 4.58. The van der Waals surface area contributed by atoms with Gasteiger partial charge >= 0.3 is 6.03 Å². The maximum atomic E-state index is 11.9. The molecule has 2 amide bonds. The van der Waals surface area contributed by atoms with Crippen LogP contribution in [0.15, 0.2) is 34.9 Å². The molecule has 0 radical (unpaired) electrons. The number of aromatic nitrogens is 2. The summed E-state index contributed by atoms with van der Waals surface area (Å²) in [4.78, 5) is 16.3. The Labute approximate surface area is 146 Å². The average molecular weight is 344 g/mol. The molecular weight excluding hydrogens is 320 g/mol. The highest BCUT2D eigenvalue weighted by molar-refractivity contribution is 5.73. The fourth-order valence-electron chi connectivity index (χ4n) is 2.99. The summed E-state index contributed by atoms with van der Waals surface area (Å²) in [5, 5.41) is 19.7. The van der Waals surface area contributed by atoms with Crippen LogP contribution >= 0.6 is 0 Å². The van der Waals surface area contributed by atoms with Crippen molar-refractivity contribution in [3.05, 3.63) is 36.2 Å². The van der Waals surface area contributed by atoms with Crippen molar-refractivity contribution in [1.82, 2.24) is 20.8 Å². The number of urea groups is 1. The zero-order chi connectivity index (χ0) is 17.7. The minimum Gasteiger partial charge on any atom is -0.388 e. The number of hydrogen-bond acceptors (Lipinski definition) is 5. The van der Waals surface area contributed by atoms with E-state index in [1.165, 1.54) is 0 Å². The molecule has 3 rings (SSSR count). The van der Waals surface area contributed by atoms with Crippen LogP contribution in [0.4, 0.5) is 4.79 Å². The Bertz CT molecular complexity index is 695. The Morgan fingerprint density at radius 1 is 1.28 bits per heavy atom. The third-order valence-corrected chi connectivity index (χ3v) is 4.58. The molecule has 2 aromatic rings. The lowest BCUT2D eigenvalue weighted by Gasteiger charge is -2.22. The first-order valence-corrected chi connectivity index (χ1v) is 8.69. The van der Waals surface area contributed by atoms with Crippen molar-refractivity contribution in [2.24, 2.45) is 0 Å². The summed E-state index contributed by atoms with van der Waals surface area (Å²) in [5.41, 5.74) is 0.139. The van der Waals surface area contributed by atoms with E-state index in [2.05, 4.69) is 20.8 Å². The zero-order valence-corrected chi connectivity index (χ0v) is 14.4. The number of rotatable bonds is 6. The van der Waals surface area contributed by atoms with Gasteiger partial charge in [-0.2, -0.15) is 4.98 Å². The second-order valence-electron chi connectivity index (χ2n) is 6.72. The van der Waals surface area contributed by atoms with Crippen molar-refractivity contribution in [2.45, 2.75) is 44.1 Å². The van der Waals surface area contributed by atoms with Crippen LogP contribution in [0.25, 0.3) is 11.4 Å².